The fraction of sp³-hybridized carbons (Fsp3) is 0.286. The number of likely N-dealkylation sites (tertiary alicyclic amines) is 1. The van der Waals surface area contributed by atoms with Crippen LogP contribution in [0.25, 0.3) is 0 Å². The zero-order chi connectivity index (χ0) is 25.2. The Balaban J connectivity index is 1.49. The number of rotatable bonds is 6. The number of hydrogen-bond acceptors (Lipinski definition) is 4. The van der Waals surface area contributed by atoms with Gasteiger partial charge in [-0.2, -0.15) is 0 Å². The minimum absolute atomic E-state index is 0.0508. The highest BCUT2D eigenvalue weighted by molar-refractivity contribution is 7.99. The number of hydrogen-bond donors (Lipinski definition) is 1. The van der Waals surface area contributed by atoms with Gasteiger partial charge in [0.15, 0.2) is 0 Å². The first kappa shape index (κ1) is 24.8. The summed E-state index contributed by atoms with van der Waals surface area (Å²) in [5.74, 6) is -0.935. The van der Waals surface area contributed by atoms with Crippen molar-refractivity contribution in [3.05, 3.63) is 88.2 Å². The summed E-state index contributed by atoms with van der Waals surface area (Å²) in [7, 11) is 0. The molecule has 36 heavy (non-hydrogen) atoms. The molecule has 0 unspecified atom stereocenters. The molecule has 0 spiro atoms. The third-order valence-electron chi connectivity index (χ3n) is 6.88. The molecule has 1 fully saturated rings. The van der Waals surface area contributed by atoms with Crippen LogP contribution in [0.4, 0.5) is 10.1 Å². The van der Waals surface area contributed by atoms with E-state index < -0.39 is 5.82 Å². The fourth-order valence-corrected chi connectivity index (χ4v) is 6.20. The number of anilines is 1. The Labute approximate surface area is 219 Å². The van der Waals surface area contributed by atoms with Crippen molar-refractivity contribution >= 4 is 40.9 Å². The van der Waals surface area contributed by atoms with Gasteiger partial charge in [-0.1, -0.05) is 48.5 Å². The third kappa shape index (κ3) is 4.88. The average molecular weight is 524 g/mol. The van der Waals surface area contributed by atoms with E-state index in [2.05, 4.69) is 17.1 Å². The maximum atomic E-state index is 14.7. The van der Waals surface area contributed by atoms with Crippen molar-refractivity contribution < 1.29 is 14.0 Å². The highest BCUT2D eigenvalue weighted by atomic mass is 35.5. The van der Waals surface area contributed by atoms with Crippen molar-refractivity contribution in [3.63, 3.8) is 0 Å². The molecule has 2 aliphatic heterocycles. The van der Waals surface area contributed by atoms with Crippen molar-refractivity contribution in [2.24, 2.45) is 0 Å². The Morgan fingerprint density at radius 1 is 1.14 bits per heavy atom. The molecular formula is C28H27ClFN3O2S. The summed E-state index contributed by atoms with van der Waals surface area (Å²) in [5, 5.41) is 3.32. The lowest BCUT2D eigenvalue weighted by molar-refractivity contribution is 0.0938. The first-order valence-electron chi connectivity index (χ1n) is 12.1. The maximum absolute atomic E-state index is 14.7. The summed E-state index contributed by atoms with van der Waals surface area (Å²) in [4.78, 5) is 32.4. The Hall–Kier alpha value is -2.87. The van der Waals surface area contributed by atoms with Crippen LogP contribution in [0.2, 0.25) is 5.02 Å². The van der Waals surface area contributed by atoms with Crippen LogP contribution in [0.15, 0.2) is 70.5 Å². The molecule has 3 aromatic rings. The van der Waals surface area contributed by atoms with Gasteiger partial charge < -0.3 is 10.2 Å². The minimum Gasteiger partial charge on any atom is -0.350 e. The molecule has 186 valence electrons. The molecular weight excluding hydrogens is 497 g/mol. The second-order valence-electron chi connectivity index (χ2n) is 9.01. The highest BCUT2D eigenvalue weighted by Crippen LogP contribution is 2.42. The molecule has 0 aromatic heterocycles. The molecule has 1 N–H and O–H groups in total. The molecule has 0 aliphatic carbocycles. The number of fused-ring (bicyclic) bond motifs is 2. The Kier molecular flexibility index (Phi) is 7.32. The second-order valence-corrected chi connectivity index (χ2v) is 10.5. The number of carbonyl (C=O) groups is 2. The summed E-state index contributed by atoms with van der Waals surface area (Å²) in [6.07, 6.45) is 2.21. The molecule has 0 saturated carbocycles. The van der Waals surface area contributed by atoms with E-state index in [1.165, 1.54) is 28.8 Å². The van der Waals surface area contributed by atoms with Gasteiger partial charge >= 0.3 is 0 Å². The highest BCUT2D eigenvalue weighted by Gasteiger charge is 2.30. The van der Waals surface area contributed by atoms with Crippen molar-refractivity contribution in [3.8, 4) is 0 Å². The van der Waals surface area contributed by atoms with Crippen LogP contribution in [0.3, 0.4) is 0 Å². The van der Waals surface area contributed by atoms with Gasteiger partial charge in [0.2, 0.25) is 0 Å². The van der Waals surface area contributed by atoms with Gasteiger partial charge in [0.1, 0.15) is 5.82 Å². The molecule has 8 heteroatoms. The number of likely N-dealkylation sites (N-methyl/N-ethyl adjacent to an activating group) is 1. The van der Waals surface area contributed by atoms with Crippen LogP contribution in [-0.4, -0.2) is 42.4 Å². The predicted molar refractivity (Wildman–Crippen MR) is 142 cm³/mol. The number of carbonyl (C=O) groups excluding carboxylic acids is 2. The Morgan fingerprint density at radius 3 is 2.78 bits per heavy atom. The Morgan fingerprint density at radius 2 is 1.97 bits per heavy atom. The monoisotopic (exact) mass is 523 g/mol. The summed E-state index contributed by atoms with van der Waals surface area (Å²) in [5.41, 5.74) is 1.78. The summed E-state index contributed by atoms with van der Waals surface area (Å²) < 4.78 is 14.7. The van der Waals surface area contributed by atoms with Gasteiger partial charge in [0.05, 0.1) is 17.8 Å². The van der Waals surface area contributed by atoms with Gasteiger partial charge in [-0.15, -0.1) is 0 Å². The fourth-order valence-electron chi connectivity index (χ4n) is 4.92. The van der Waals surface area contributed by atoms with Crippen LogP contribution in [0.1, 0.15) is 46.0 Å². The largest absolute Gasteiger partial charge is 0.350 e. The second kappa shape index (κ2) is 10.6. The van der Waals surface area contributed by atoms with E-state index in [0.29, 0.717) is 29.4 Å². The summed E-state index contributed by atoms with van der Waals surface area (Å²) >= 11 is 7.78. The van der Waals surface area contributed by atoms with E-state index in [4.69, 9.17) is 11.6 Å². The van der Waals surface area contributed by atoms with Crippen LogP contribution >= 0.6 is 23.4 Å². The number of benzene rings is 3. The van der Waals surface area contributed by atoms with Crippen molar-refractivity contribution in [2.75, 3.05) is 24.5 Å². The maximum Gasteiger partial charge on any atom is 0.259 e. The quantitative estimate of drug-likeness (QED) is 0.430. The van der Waals surface area contributed by atoms with Crippen molar-refractivity contribution in [1.29, 1.82) is 0 Å². The van der Waals surface area contributed by atoms with E-state index in [0.717, 1.165) is 35.7 Å². The topological polar surface area (TPSA) is 52.7 Å². The number of nitrogens with one attached hydrogen (secondary N) is 1. The van der Waals surface area contributed by atoms with Gasteiger partial charge in [-0.25, -0.2) is 4.39 Å². The van der Waals surface area contributed by atoms with E-state index in [1.807, 2.05) is 24.3 Å². The lowest BCUT2D eigenvalue weighted by atomic mass is 10.1. The van der Waals surface area contributed by atoms with Gasteiger partial charge in [-0.05, 0) is 68.4 Å². The van der Waals surface area contributed by atoms with Crippen molar-refractivity contribution in [2.45, 2.75) is 42.1 Å². The molecule has 1 saturated heterocycles. The van der Waals surface area contributed by atoms with E-state index in [-0.39, 0.29) is 28.9 Å². The molecule has 5 nitrogen and oxygen atoms in total. The van der Waals surface area contributed by atoms with Crippen LogP contribution in [0.5, 0.6) is 0 Å². The van der Waals surface area contributed by atoms with Gasteiger partial charge in [0.25, 0.3) is 11.8 Å². The third-order valence-corrected chi connectivity index (χ3v) is 8.37. The molecule has 0 radical (unpaired) electrons. The first-order valence-corrected chi connectivity index (χ1v) is 13.3. The number of amides is 2. The lowest BCUT2D eigenvalue weighted by Gasteiger charge is -2.25. The Bertz CT molecular complexity index is 1300. The normalized spacial score (nSPS) is 17.5. The van der Waals surface area contributed by atoms with E-state index >= 15 is 0 Å². The zero-order valence-electron chi connectivity index (χ0n) is 20.0. The molecule has 3 aromatic carbocycles. The molecule has 2 amide bonds. The van der Waals surface area contributed by atoms with Gasteiger partial charge in [0, 0.05) is 38.5 Å². The first-order chi connectivity index (χ1) is 17.5. The lowest BCUT2D eigenvalue weighted by Crippen LogP contribution is -2.40. The molecule has 2 aliphatic rings. The SMILES string of the molecule is CCN1CCC[C@H]1CNC(=O)c1ccc2c(c1)N(Cc1c(F)cccc1Cl)C(=O)c1ccccc1S2. The van der Waals surface area contributed by atoms with Crippen LogP contribution in [0, 0.1) is 5.82 Å². The van der Waals surface area contributed by atoms with E-state index in [9.17, 15) is 14.0 Å². The smallest absolute Gasteiger partial charge is 0.259 e. The number of nitrogens with zero attached hydrogens (tertiary/aromatic N) is 2. The standard InChI is InChI=1S/C28H27ClFN3O2S/c1-2-32-14-6-7-19(32)16-31-27(34)18-12-13-26-24(15-18)33(17-21-22(29)9-5-10-23(21)30)28(35)20-8-3-4-11-25(20)36-26/h3-5,8-13,15,19H,2,6-7,14,16-17H2,1H3,(H,31,34)/t19-/m0/s1. The average Bonchev–Trinajstić information content (AvgIpc) is 3.31. The number of halogens is 2. The predicted octanol–water partition coefficient (Wildman–Crippen LogP) is 6.00. The van der Waals surface area contributed by atoms with Gasteiger partial charge in [-0.3, -0.25) is 14.5 Å². The van der Waals surface area contributed by atoms with Crippen LogP contribution in [-0.2, 0) is 6.54 Å². The van der Waals surface area contributed by atoms with Crippen LogP contribution < -0.4 is 10.2 Å². The zero-order valence-corrected chi connectivity index (χ0v) is 21.5. The molecule has 0 bridgehead atoms. The molecule has 2 heterocycles. The summed E-state index contributed by atoms with van der Waals surface area (Å²) in [6.45, 7) is 4.69. The summed E-state index contributed by atoms with van der Waals surface area (Å²) in [6, 6.07) is 17.5. The molecule has 5 rings (SSSR count). The molecule has 1 atom stereocenters. The van der Waals surface area contributed by atoms with Crippen molar-refractivity contribution in [1.82, 2.24) is 10.2 Å². The van der Waals surface area contributed by atoms with E-state index in [1.54, 1.807) is 24.3 Å². The minimum atomic E-state index is -0.479.